The molecule has 0 spiro atoms. The molecule has 2 aromatic carbocycles. The van der Waals surface area contributed by atoms with E-state index in [4.69, 9.17) is 14.5 Å². The summed E-state index contributed by atoms with van der Waals surface area (Å²) >= 11 is 0. The topological polar surface area (TPSA) is 75.4 Å². The summed E-state index contributed by atoms with van der Waals surface area (Å²) < 4.78 is 29.7. The first kappa shape index (κ1) is 21.2. The van der Waals surface area contributed by atoms with Gasteiger partial charge in [0, 0.05) is 19.0 Å². The number of rotatable bonds is 6. The second-order valence-electron chi connectivity index (χ2n) is 8.54. The van der Waals surface area contributed by atoms with Crippen LogP contribution < -0.4 is 4.74 Å². The molecule has 2 heterocycles. The zero-order chi connectivity index (χ0) is 23.4. The van der Waals surface area contributed by atoms with E-state index in [0.717, 1.165) is 18.5 Å². The van der Waals surface area contributed by atoms with Gasteiger partial charge < -0.3 is 18.6 Å². The van der Waals surface area contributed by atoms with Crippen molar-refractivity contribution < 1.29 is 23.5 Å². The number of hydrogen-bond donors (Lipinski definition) is 0. The minimum Gasteiger partial charge on any atom is -0.494 e. The van der Waals surface area contributed by atoms with Crippen LogP contribution >= 0.6 is 0 Å². The molecule has 0 N–H and O–H groups in total. The highest BCUT2D eigenvalue weighted by Crippen LogP contribution is 2.39. The van der Waals surface area contributed by atoms with Crippen molar-refractivity contribution in [2.45, 2.75) is 26.3 Å². The highest BCUT2D eigenvalue weighted by atomic mass is 19.1. The molecule has 0 radical (unpaired) electrons. The van der Waals surface area contributed by atoms with Gasteiger partial charge >= 0.3 is 5.97 Å². The predicted molar refractivity (Wildman–Crippen MR) is 122 cm³/mol. The summed E-state index contributed by atoms with van der Waals surface area (Å²) in [5.41, 5.74) is 2.87. The Labute approximate surface area is 189 Å². The van der Waals surface area contributed by atoms with Crippen LogP contribution in [0, 0.1) is 11.7 Å². The lowest BCUT2D eigenvalue weighted by Gasteiger charge is -2.12. The third-order valence-corrected chi connectivity index (χ3v) is 6.32. The molecule has 0 atom stereocenters. The Morgan fingerprint density at radius 2 is 1.91 bits per heavy atom. The Morgan fingerprint density at radius 1 is 1.15 bits per heavy atom. The molecular formula is C25H24FN3O4. The minimum absolute atomic E-state index is 0.0820. The van der Waals surface area contributed by atoms with E-state index in [-0.39, 0.29) is 11.3 Å². The monoisotopic (exact) mass is 449 g/mol. The molecule has 33 heavy (non-hydrogen) atoms. The molecule has 4 aromatic rings. The molecule has 1 saturated carbocycles. The van der Waals surface area contributed by atoms with Crippen LogP contribution in [0.3, 0.4) is 0 Å². The van der Waals surface area contributed by atoms with E-state index in [0.29, 0.717) is 51.5 Å². The Hall–Kier alpha value is -3.68. The fourth-order valence-corrected chi connectivity index (χ4v) is 4.45. The highest BCUT2D eigenvalue weighted by Gasteiger charge is 2.28. The van der Waals surface area contributed by atoms with Crippen molar-refractivity contribution in [3.8, 4) is 17.3 Å². The van der Waals surface area contributed by atoms with E-state index in [1.54, 1.807) is 18.2 Å². The van der Waals surface area contributed by atoms with Gasteiger partial charge in [-0.05, 0) is 49.9 Å². The van der Waals surface area contributed by atoms with Crippen LogP contribution in [-0.4, -0.2) is 40.1 Å². The first-order valence-corrected chi connectivity index (χ1v) is 10.8. The van der Waals surface area contributed by atoms with Crippen LogP contribution in [0.4, 0.5) is 4.39 Å². The number of aromatic nitrogens is 3. The lowest BCUT2D eigenvalue weighted by Crippen LogP contribution is -2.07. The molecule has 0 amide bonds. The van der Waals surface area contributed by atoms with Gasteiger partial charge in [0.15, 0.2) is 17.4 Å². The Bertz CT molecular complexity index is 1450. The quantitative estimate of drug-likeness (QED) is 0.314. The number of halogens is 1. The lowest BCUT2D eigenvalue weighted by atomic mass is 10.1. The zero-order valence-corrected chi connectivity index (χ0v) is 18.9. The molecule has 5 rings (SSSR count). The molecule has 0 saturated heterocycles. The molecule has 8 heteroatoms. The summed E-state index contributed by atoms with van der Waals surface area (Å²) in [6.45, 7) is 2.01. The van der Waals surface area contributed by atoms with Crippen LogP contribution in [0.2, 0.25) is 0 Å². The Kier molecular flexibility index (Phi) is 4.96. The van der Waals surface area contributed by atoms with Crippen molar-refractivity contribution in [3.05, 3.63) is 47.3 Å². The minimum atomic E-state index is -0.503. The second kappa shape index (κ2) is 7.72. The molecule has 170 valence electrons. The van der Waals surface area contributed by atoms with Crippen LogP contribution in [-0.2, 0) is 18.3 Å². The number of methoxy groups -OCH3 is 2. The highest BCUT2D eigenvalue weighted by molar-refractivity contribution is 6.00. The first-order valence-electron chi connectivity index (χ1n) is 10.8. The normalized spacial score (nSPS) is 13.6. The number of hydrogen-bond acceptors (Lipinski definition) is 5. The number of nitrogens with zero attached hydrogens (tertiary/aromatic N) is 3. The Balaban J connectivity index is 1.79. The van der Waals surface area contributed by atoms with Gasteiger partial charge in [0.25, 0.3) is 0 Å². The maximum Gasteiger partial charge on any atom is 0.338 e. The number of Topliss-reactive ketones (excluding diaryl/α,β-unsaturated/α-hetero) is 1. The van der Waals surface area contributed by atoms with Crippen molar-refractivity contribution in [2.75, 3.05) is 14.2 Å². The second-order valence-corrected chi connectivity index (χ2v) is 8.54. The zero-order valence-electron chi connectivity index (χ0n) is 18.9. The van der Waals surface area contributed by atoms with Gasteiger partial charge in [-0.15, -0.1) is 0 Å². The van der Waals surface area contributed by atoms with Crippen molar-refractivity contribution in [1.29, 1.82) is 0 Å². The van der Waals surface area contributed by atoms with Gasteiger partial charge in [0.1, 0.15) is 11.3 Å². The predicted octanol–water partition coefficient (Wildman–Crippen LogP) is 4.74. The molecule has 0 aliphatic heterocycles. The van der Waals surface area contributed by atoms with Crippen molar-refractivity contribution in [2.24, 2.45) is 13.0 Å². The summed E-state index contributed by atoms with van der Waals surface area (Å²) in [6.07, 6.45) is 2.18. The lowest BCUT2D eigenvalue weighted by molar-refractivity contribution is 0.0600. The number of benzene rings is 2. The average Bonchev–Trinajstić information content (AvgIpc) is 3.46. The fraction of sp³-hybridized carbons (Fsp3) is 0.320. The third-order valence-electron chi connectivity index (χ3n) is 6.32. The fourth-order valence-electron chi connectivity index (χ4n) is 4.45. The molecule has 2 aromatic heterocycles. The summed E-state index contributed by atoms with van der Waals surface area (Å²) in [5, 5.41) is 0.711. The van der Waals surface area contributed by atoms with Crippen LogP contribution in [0.1, 0.15) is 40.5 Å². The number of imidazole rings is 1. The number of esters is 1. The molecule has 1 aliphatic rings. The number of carbonyl (C=O) groups is 2. The maximum absolute atomic E-state index is 15.4. The van der Waals surface area contributed by atoms with Crippen molar-refractivity contribution >= 4 is 33.7 Å². The van der Waals surface area contributed by atoms with Crippen molar-refractivity contribution in [3.63, 3.8) is 0 Å². The van der Waals surface area contributed by atoms with E-state index in [1.807, 2.05) is 22.2 Å². The molecule has 0 unspecified atom stereocenters. The largest absolute Gasteiger partial charge is 0.494 e. The molecule has 0 bridgehead atoms. The summed E-state index contributed by atoms with van der Waals surface area (Å²) in [4.78, 5) is 28.9. The number of fused-ring (bicyclic) bond motifs is 2. The van der Waals surface area contributed by atoms with Gasteiger partial charge in [0.2, 0.25) is 0 Å². The standard InChI is InChI=1S/C25H24FN3O4/c1-13(30)17-8-7-15-10-19(29(12-14-5-6-14)22(15)21(17)26)24-27-18-9-16(25(31)33-4)11-20(32-3)23(18)28(24)2/h7-11,14H,5-6,12H2,1-4H3. The van der Waals surface area contributed by atoms with Gasteiger partial charge in [-0.1, -0.05) is 6.07 Å². The van der Waals surface area contributed by atoms with Crippen LogP contribution in [0.15, 0.2) is 30.3 Å². The summed E-state index contributed by atoms with van der Waals surface area (Å²) in [7, 11) is 4.72. The van der Waals surface area contributed by atoms with E-state index in [2.05, 4.69) is 0 Å². The average molecular weight is 449 g/mol. The van der Waals surface area contributed by atoms with Crippen molar-refractivity contribution in [1.82, 2.24) is 14.1 Å². The van der Waals surface area contributed by atoms with E-state index in [1.165, 1.54) is 27.2 Å². The van der Waals surface area contributed by atoms with E-state index < -0.39 is 11.8 Å². The number of carbonyl (C=O) groups excluding carboxylic acids is 2. The first-order chi connectivity index (χ1) is 15.8. The van der Waals surface area contributed by atoms with Gasteiger partial charge in [0.05, 0.1) is 42.1 Å². The molecule has 7 nitrogen and oxygen atoms in total. The molecule has 1 aliphatic carbocycles. The number of aryl methyl sites for hydroxylation is 1. The Morgan fingerprint density at radius 3 is 2.55 bits per heavy atom. The maximum atomic E-state index is 15.4. The van der Waals surface area contributed by atoms with E-state index in [9.17, 15) is 9.59 Å². The molecule has 1 fully saturated rings. The van der Waals surface area contributed by atoms with Crippen LogP contribution in [0.5, 0.6) is 5.75 Å². The number of ketones is 1. The SMILES string of the molecule is COC(=O)c1cc(OC)c2c(c1)nc(-c1cc3ccc(C(C)=O)c(F)c3n1CC1CC1)n2C. The van der Waals surface area contributed by atoms with E-state index >= 15 is 4.39 Å². The van der Waals surface area contributed by atoms with Gasteiger partial charge in [-0.2, -0.15) is 0 Å². The van der Waals surface area contributed by atoms with Gasteiger partial charge in [-0.25, -0.2) is 14.2 Å². The summed E-state index contributed by atoms with van der Waals surface area (Å²) in [5.74, 6) is 0.281. The van der Waals surface area contributed by atoms with Crippen LogP contribution in [0.25, 0.3) is 33.5 Å². The summed E-state index contributed by atoms with van der Waals surface area (Å²) in [6, 6.07) is 8.50. The smallest absolute Gasteiger partial charge is 0.338 e. The third kappa shape index (κ3) is 3.37. The molecular weight excluding hydrogens is 425 g/mol. The van der Waals surface area contributed by atoms with Gasteiger partial charge in [-0.3, -0.25) is 4.79 Å². The number of ether oxygens (including phenoxy) is 2.